The maximum atomic E-state index is 8.90. The molecule has 2 aromatic rings. The Labute approximate surface area is 105 Å². The van der Waals surface area contributed by atoms with Crippen molar-refractivity contribution in [3.8, 4) is 0 Å². The summed E-state index contributed by atoms with van der Waals surface area (Å²) in [6.07, 6.45) is 3.88. The van der Waals surface area contributed by atoms with Gasteiger partial charge in [0, 0.05) is 24.7 Å². The molecule has 92 valence electrons. The van der Waals surface area contributed by atoms with Crippen molar-refractivity contribution in [3.63, 3.8) is 0 Å². The van der Waals surface area contributed by atoms with Crippen LogP contribution in [0.1, 0.15) is 19.8 Å². The summed E-state index contributed by atoms with van der Waals surface area (Å²) in [6.45, 7) is 3.16. The average molecular weight is 251 g/mol. The lowest BCUT2D eigenvalue weighted by Crippen LogP contribution is -2.08. The number of aliphatic hydroxyl groups is 1. The van der Waals surface area contributed by atoms with Gasteiger partial charge >= 0.3 is 0 Å². The summed E-state index contributed by atoms with van der Waals surface area (Å²) < 4.78 is 0. The van der Waals surface area contributed by atoms with E-state index >= 15 is 0 Å². The maximum Gasteiger partial charge on any atom is 0.224 e. The summed E-state index contributed by atoms with van der Waals surface area (Å²) in [5.41, 5.74) is 0. The van der Waals surface area contributed by atoms with Gasteiger partial charge in [-0.25, -0.2) is 9.97 Å². The molecule has 4 nitrogen and oxygen atoms in total. The van der Waals surface area contributed by atoms with Crippen LogP contribution in [-0.2, 0) is 0 Å². The fourth-order valence-corrected chi connectivity index (χ4v) is 2.32. The Morgan fingerprint density at radius 2 is 2.41 bits per heavy atom. The van der Waals surface area contributed by atoms with Gasteiger partial charge < -0.3 is 10.4 Å². The number of rotatable bonds is 6. The van der Waals surface area contributed by atoms with E-state index in [0.29, 0.717) is 11.9 Å². The maximum absolute atomic E-state index is 8.90. The van der Waals surface area contributed by atoms with Gasteiger partial charge in [0.25, 0.3) is 0 Å². The predicted molar refractivity (Wildman–Crippen MR) is 71.4 cm³/mol. The van der Waals surface area contributed by atoms with Gasteiger partial charge in [-0.05, 0) is 30.2 Å². The molecule has 2 heterocycles. The first-order valence-corrected chi connectivity index (χ1v) is 6.72. The molecule has 0 aliphatic rings. The second-order valence-electron chi connectivity index (χ2n) is 4.23. The van der Waals surface area contributed by atoms with Crippen molar-refractivity contribution in [1.82, 2.24) is 9.97 Å². The minimum Gasteiger partial charge on any atom is -0.396 e. The first-order chi connectivity index (χ1) is 8.29. The Balaban J connectivity index is 1.82. The SMILES string of the molecule is CC(CO)CCCNc1ncc2ccsc2n1. The Bertz CT molecular complexity index is 471. The van der Waals surface area contributed by atoms with Crippen LogP contribution in [0.2, 0.25) is 0 Å². The molecular formula is C12H17N3OS. The predicted octanol–water partition coefficient (Wildman–Crippen LogP) is 2.51. The topological polar surface area (TPSA) is 58.0 Å². The molecule has 0 fully saturated rings. The molecule has 1 unspecified atom stereocenters. The molecule has 0 aliphatic carbocycles. The smallest absolute Gasteiger partial charge is 0.224 e. The average Bonchev–Trinajstić information content (AvgIpc) is 2.81. The van der Waals surface area contributed by atoms with Crippen LogP contribution in [0.25, 0.3) is 10.2 Å². The first kappa shape index (κ1) is 12.3. The number of aromatic nitrogens is 2. The Kier molecular flexibility index (Phi) is 4.28. The highest BCUT2D eigenvalue weighted by Crippen LogP contribution is 2.18. The molecule has 0 amide bonds. The van der Waals surface area contributed by atoms with E-state index in [9.17, 15) is 0 Å². The molecule has 0 saturated heterocycles. The van der Waals surface area contributed by atoms with E-state index in [-0.39, 0.29) is 6.61 Å². The van der Waals surface area contributed by atoms with E-state index in [1.807, 2.05) is 24.6 Å². The zero-order valence-electron chi connectivity index (χ0n) is 9.89. The third-order valence-corrected chi connectivity index (χ3v) is 3.50. The molecule has 5 heteroatoms. The van der Waals surface area contributed by atoms with Crippen LogP contribution in [0.15, 0.2) is 17.6 Å². The van der Waals surface area contributed by atoms with Crippen LogP contribution < -0.4 is 5.32 Å². The summed E-state index contributed by atoms with van der Waals surface area (Å²) in [7, 11) is 0. The number of anilines is 1. The van der Waals surface area contributed by atoms with E-state index in [2.05, 4.69) is 15.3 Å². The van der Waals surface area contributed by atoms with Gasteiger partial charge in [0.1, 0.15) is 4.83 Å². The number of nitrogens with one attached hydrogen (secondary N) is 1. The lowest BCUT2D eigenvalue weighted by atomic mass is 10.1. The van der Waals surface area contributed by atoms with Gasteiger partial charge in [-0.2, -0.15) is 0 Å². The molecule has 0 aliphatic heterocycles. The molecule has 2 N–H and O–H groups in total. The molecular weight excluding hydrogens is 234 g/mol. The van der Waals surface area contributed by atoms with Crippen molar-refractivity contribution in [2.45, 2.75) is 19.8 Å². The lowest BCUT2D eigenvalue weighted by molar-refractivity contribution is 0.229. The largest absolute Gasteiger partial charge is 0.396 e. The van der Waals surface area contributed by atoms with E-state index in [1.165, 1.54) is 0 Å². The van der Waals surface area contributed by atoms with Crippen LogP contribution in [0, 0.1) is 5.92 Å². The zero-order valence-corrected chi connectivity index (χ0v) is 10.7. The minimum atomic E-state index is 0.262. The van der Waals surface area contributed by atoms with Gasteiger partial charge in [-0.1, -0.05) is 6.92 Å². The van der Waals surface area contributed by atoms with E-state index in [1.54, 1.807) is 11.3 Å². The monoisotopic (exact) mass is 251 g/mol. The van der Waals surface area contributed by atoms with Gasteiger partial charge in [-0.15, -0.1) is 11.3 Å². The van der Waals surface area contributed by atoms with Crippen molar-refractivity contribution >= 4 is 27.5 Å². The summed E-state index contributed by atoms with van der Waals surface area (Å²) in [5, 5.41) is 15.2. The highest BCUT2D eigenvalue weighted by Gasteiger charge is 2.02. The molecule has 0 saturated carbocycles. The van der Waals surface area contributed by atoms with E-state index in [4.69, 9.17) is 5.11 Å². The second kappa shape index (κ2) is 5.93. The third-order valence-electron chi connectivity index (χ3n) is 2.68. The Morgan fingerprint density at radius 3 is 3.24 bits per heavy atom. The van der Waals surface area contributed by atoms with E-state index < -0.39 is 0 Å². The van der Waals surface area contributed by atoms with Gasteiger partial charge in [0.2, 0.25) is 5.95 Å². The molecule has 0 bridgehead atoms. The highest BCUT2D eigenvalue weighted by atomic mass is 32.1. The number of fused-ring (bicyclic) bond motifs is 1. The standard InChI is InChI=1S/C12H17N3OS/c1-9(8-16)3-2-5-13-12-14-7-10-4-6-17-11(10)15-12/h4,6-7,9,16H,2-3,5,8H2,1H3,(H,13,14,15). The van der Waals surface area contributed by atoms with Crippen LogP contribution in [0.4, 0.5) is 5.95 Å². The molecule has 0 spiro atoms. The number of hydrogen-bond acceptors (Lipinski definition) is 5. The number of aliphatic hydroxyl groups excluding tert-OH is 1. The second-order valence-corrected chi connectivity index (χ2v) is 5.13. The Morgan fingerprint density at radius 1 is 1.53 bits per heavy atom. The summed E-state index contributed by atoms with van der Waals surface area (Å²) in [6, 6.07) is 2.02. The van der Waals surface area contributed by atoms with Crippen LogP contribution >= 0.6 is 11.3 Å². The number of hydrogen-bond donors (Lipinski definition) is 2. The quantitative estimate of drug-likeness (QED) is 0.775. The zero-order chi connectivity index (χ0) is 12.1. The summed E-state index contributed by atoms with van der Waals surface area (Å²) >= 11 is 1.63. The molecule has 2 aromatic heterocycles. The van der Waals surface area contributed by atoms with Crippen LogP contribution in [-0.4, -0.2) is 28.2 Å². The van der Waals surface area contributed by atoms with Crippen LogP contribution in [0.3, 0.4) is 0 Å². The Hall–Kier alpha value is -1.20. The van der Waals surface area contributed by atoms with Crippen molar-refractivity contribution in [1.29, 1.82) is 0 Å². The fraction of sp³-hybridized carbons (Fsp3) is 0.500. The highest BCUT2D eigenvalue weighted by molar-refractivity contribution is 7.16. The lowest BCUT2D eigenvalue weighted by Gasteiger charge is -2.08. The summed E-state index contributed by atoms with van der Waals surface area (Å²) in [4.78, 5) is 9.69. The van der Waals surface area contributed by atoms with Crippen molar-refractivity contribution in [2.24, 2.45) is 5.92 Å². The van der Waals surface area contributed by atoms with Gasteiger partial charge in [0.05, 0.1) is 0 Å². The normalized spacial score (nSPS) is 12.8. The molecule has 1 atom stereocenters. The minimum absolute atomic E-state index is 0.262. The van der Waals surface area contributed by atoms with E-state index in [0.717, 1.165) is 29.6 Å². The first-order valence-electron chi connectivity index (χ1n) is 5.84. The van der Waals surface area contributed by atoms with Gasteiger partial charge in [0.15, 0.2) is 0 Å². The molecule has 17 heavy (non-hydrogen) atoms. The number of thiophene rings is 1. The van der Waals surface area contributed by atoms with Crippen molar-refractivity contribution < 1.29 is 5.11 Å². The van der Waals surface area contributed by atoms with Crippen molar-refractivity contribution in [3.05, 3.63) is 17.6 Å². The molecule has 0 radical (unpaired) electrons. The van der Waals surface area contributed by atoms with Crippen molar-refractivity contribution in [2.75, 3.05) is 18.5 Å². The summed E-state index contributed by atoms with van der Waals surface area (Å²) in [5.74, 6) is 1.06. The van der Waals surface area contributed by atoms with Gasteiger partial charge in [-0.3, -0.25) is 0 Å². The van der Waals surface area contributed by atoms with Crippen LogP contribution in [0.5, 0.6) is 0 Å². The molecule has 0 aromatic carbocycles. The number of nitrogens with zero attached hydrogens (tertiary/aromatic N) is 2. The third kappa shape index (κ3) is 3.38. The molecule has 2 rings (SSSR count). The fourth-order valence-electron chi connectivity index (χ4n) is 1.58.